The molecule has 0 spiro atoms. The molecule has 4 nitrogen and oxygen atoms in total. The Morgan fingerprint density at radius 3 is 1.29 bits per heavy atom. The summed E-state index contributed by atoms with van der Waals surface area (Å²) in [7, 11) is 0. The van der Waals surface area contributed by atoms with Crippen LogP contribution in [0.4, 0.5) is 22.7 Å². The smallest absolute Gasteiger partial charge is 0.0628 e. The van der Waals surface area contributed by atoms with E-state index in [-0.39, 0.29) is 0 Å². The van der Waals surface area contributed by atoms with Crippen molar-refractivity contribution in [3.05, 3.63) is 24.3 Å². The van der Waals surface area contributed by atoms with Crippen molar-refractivity contribution in [3.63, 3.8) is 0 Å². The van der Waals surface area contributed by atoms with Crippen molar-refractivity contribution in [3.8, 4) is 0 Å². The monoisotopic (exact) mass is 188 g/mol. The van der Waals surface area contributed by atoms with E-state index >= 15 is 0 Å². The van der Waals surface area contributed by atoms with Gasteiger partial charge in [-0.15, -0.1) is 0 Å². The van der Waals surface area contributed by atoms with Crippen LogP contribution >= 0.6 is 0 Å². The maximum atomic E-state index is 5.82. The molecule has 2 aromatic carbocycles. The highest BCUT2D eigenvalue weighted by atomic mass is 14.7. The Morgan fingerprint density at radius 2 is 0.929 bits per heavy atom. The van der Waals surface area contributed by atoms with Crippen LogP contribution in [0.15, 0.2) is 24.3 Å². The summed E-state index contributed by atoms with van der Waals surface area (Å²) < 4.78 is 0. The van der Waals surface area contributed by atoms with Crippen LogP contribution in [-0.4, -0.2) is 0 Å². The molecule has 72 valence electrons. The molecule has 0 radical (unpaired) electrons. The van der Waals surface area contributed by atoms with Crippen LogP contribution in [0, 0.1) is 0 Å². The Morgan fingerprint density at radius 1 is 0.571 bits per heavy atom. The van der Waals surface area contributed by atoms with Gasteiger partial charge in [0.1, 0.15) is 0 Å². The molecular weight excluding hydrogens is 176 g/mol. The predicted octanol–water partition coefficient (Wildman–Crippen LogP) is 1.17. The molecule has 2 aromatic rings. The molecule has 0 aliphatic rings. The molecule has 0 heterocycles. The van der Waals surface area contributed by atoms with Crippen LogP contribution in [0.3, 0.4) is 0 Å². The molecular formula is C10H12N4. The van der Waals surface area contributed by atoms with E-state index in [1.54, 1.807) is 12.1 Å². The summed E-state index contributed by atoms with van der Waals surface area (Å²) in [5.74, 6) is 0. The van der Waals surface area contributed by atoms with E-state index < -0.39 is 0 Å². The second-order valence-electron chi connectivity index (χ2n) is 3.23. The summed E-state index contributed by atoms with van der Waals surface area (Å²) in [6.45, 7) is 0. The summed E-state index contributed by atoms with van der Waals surface area (Å²) >= 11 is 0. The largest absolute Gasteiger partial charge is 0.397 e. The highest BCUT2D eigenvalue weighted by Crippen LogP contribution is 2.32. The Bertz CT molecular complexity index is 458. The van der Waals surface area contributed by atoms with E-state index in [0.29, 0.717) is 22.7 Å². The zero-order chi connectivity index (χ0) is 10.3. The van der Waals surface area contributed by atoms with Crippen LogP contribution < -0.4 is 22.9 Å². The van der Waals surface area contributed by atoms with Gasteiger partial charge in [0, 0.05) is 10.8 Å². The normalized spacial score (nSPS) is 10.6. The number of nitrogens with two attached hydrogens (primary N) is 4. The average molecular weight is 188 g/mol. The molecule has 4 heteroatoms. The highest BCUT2D eigenvalue weighted by molar-refractivity contribution is 6.06. The molecule has 0 unspecified atom stereocenters. The SMILES string of the molecule is Nc1ccc2c(N)c(N)ccc2c1N. The number of hydrogen-bond donors (Lipinski definition) is 4. The Balaban J connectivity index is 2.94. The molecule has 8 N–H and O–H groups in total. The number of hydrogen-bond acceptors (Lipinski definition) is 4. The molecule has 0 fully saturated rings. The van der Waals surface area contributed by atoms with Gasteiger partial charge in [0.05, 0.1) is 22.7 Å². The third-order valence-corrected chi connectivity index (χ3v) is 2.35. The minimum absolute atomic E-state index is 0.550. The molecule has 0 amide bonds. The zero-order valence-corrected chi connectivity index (χ0v) is 7.62. The topological polar surface area (TPSA) is 104 Å². The standard InChI is InChI=1S/C10H12N4/c11-7-3-1-5-6(10(7)14)2-4-8(12)9(5)13/h1-4H,11-14H2. The fourth-order valence-corrected chi connectivity index (χ4v) is 1.49. The quantitative estimate of drug-likeness (QED) is 0.466. The molecule has 0 bridgehead atoms. The fourth-order valence-electron chi connectivity index (χ4n) is 1.49. The molecule has 0 aliphatic carbocycles. The summed E-state index contributed by atoms with van der Waals surface area (Å²) in [6, 6.07) is 7.11. The lowest BCUT2D eigenvalue weighted by molar-refractivity contribution is 1.68. The molecule has 0 saturated heterocycles. The lowest BCUT2D eigenvalue weighted by atomic mass is 10.0. The van der Waals surface area contributed by atoms with Crippen molar-refractivity contribution >= 4 is 33.5 Å². The van der Waals surface area contributed by atoms with E-state index in [1.165, 1.54) is 0 Å². The van der Waals surface area contributed by atoms with Gasteiger partial charge in [0.2, 0.25) is 0 Å². The molecule has 0 saturated carbocycles. The van der Waals surface area contributed by atoms with Crippen LogP contribution in [0.1, 0.15) is 0 Å². The van der Waals surface area contributed by atoms with Crippen molar-refractivity contribution in [2.75, 3.05) is 22.9 Å². The van der Waals surface area contributed by atoms with Gasteiger partial charge in [-0.3, -0.25) is 0 Å². The maximum absolute atomic E-state index is 5.82. The minimum atomic E-state index is 0.550. The van der Waals surface area contributed by atoms with Gasteiger partial charge >= 0.3 is 0 Å². The third-order valence-electron chi connectivity index (χ3n) is 2.35. The van der Waals surface area contributed by atoms with Crippen LogP contribution in [-0.2, 0) is 0 Å². The fraction of sp³-hybridized carbons (Fsp3) is 0. The molecule has 0 aromatic heterocycles. The zero-order valence-electron chi connectivity index (χ0n) is 7.62. The average Bonchev–Trinajstić information content (AvgIpc) is 2.17. The van der Waals surface area contributed by atoms with Gasteiger partial charge in [0.15, 0.2) is 0 Å². The number of anilines is 4. The van der Waals surface area contributed by atoms with Crippen LogP contribution in [0.25, 0.3) is 10.8 Å². The summed E-state index contributed by atoms with van der Waals surface area (Å²) in [6.07, 6.45) is 0. The maximum Gasteiger partial charge on any atom is 0.0628 e. The van der Waals surface area contributed by atoms with E-state index in [0.717, 1.165) is 10.8 Å². The number of nitrogen functional groups attached to an aromatic ring is 4. The molecule has 0 aliphatic heterocycles. The Hall–Kier alpha value is -2.10. The van der Waals surface area contributed by atoms with Crippen LogP contribution in [0.2, 0.25) is 0 Å². The van der Waals surface area contributed by atoms with Gasteiger partial charge in [-0.25, -0.2) is 0 Å². The molecule has 14 heavy (non-hydrogen) atoms. The first-order valence-corrected chi connectivity index (χ1v) is 4.23. The van der Waals surface area contributed by atoms with E-state index in [4.69, 9.17) is 22.9 Å². The van der Waals surface area contributed by atoms with Gasteiger partial charge in [-0.2, -0.15) is 0 Å². The summed E-state index contributed by atoms with van der Waals surface area (Å²) in [5, 5.41) is 1.69. The third kappa shape index (κ3) is 1.01. The number of fused-ring (bicyclic) bond motifs is 1. The number of benzene rings is 2. The Kier molecular flexibility index (Phi) is 1.64. The second-order valence-corrected chi connectivity index (χ2v) is 3.23. The highest BCUT2D eigenvalue weighted by Gasteiger charge is 2.05. The van der Waals surface area contributed by atoms with Gasteiger partial charge in [-0.05, 0) is 12.1 Å². The minimum Gasteiger partial charge on any atom is -0.397 e. The van der Waals surface area contributed by atoms with Gasteiger partial charge in [-0.1, -0.05) is 12.1 Å². The van der Waals surface area contributed by atoms with E-state index in [9.17, 15) is 0 Å². The van der Waals surface area contributed by atoms with Crippen molar-refractivity contribution in [2.24, 2.45) is 0 Å². The van der Waals surface area contributed by atoms with Crippen molar-refractivity contribution in [1.29, 1.82) is 0 Å². The van der Waals surface area contributed by atoms with Gasteiger partial charge in [0.25, 0.3) is 0 Å². The number of rotatable bonds is 0. The second kappa shape index (κ2) is 2.70. The lowest BCUT2D eigenvalue weighted by Gasteiger charge is -2.09. The first-order chi connectivity index (χ1) is 6.61. The molecule has 0 atom stereocenters. The van der Waals surface area contributed by atoms with E-state index in [1.807, 2.05) is 12.1 Å². The summed E-state index contributed by atoms with van der Waals surface area (Å²) in [4.78, 5) is 0. The Labute approximate surface area is 81.5 Å². The lowest BCUT2D eigenvalue weighted by Crippen LogP contribution is -1.99. The van der Waals surface area contributed by atoms with Gasteiger partial charge < -0.3 is 22.9 Å². The van der Waals surface area contributed by atoms with Crippen molar-refractivity contribution in [2.45, 2.75) is 0 Å². The van der Waals surface area contributed by atoms with Crippen LogP contribution in [0.5, 0.6) is 0 Å². The molecule has 2 rings (SSSR count). The summed E-state index contributed by atoms with van der Waals surface area (Å²) in [5.41, 5.74) is 25.2. The first-order valence-electron chi connectivity index (χ1n) is 4.23. The predicted molar refractivity (Wildman–Crippen MR) is 61.6 cm³/mol. The van der Waals surface area contributed by atoms with E-state index in [2.05, 4.69) is 0 Å². The van der Waals surface area contributed by atoms with Crippen molar-refractivity contribution in [1.82, 2.24) is 0 Å². The first kappa shape index (κ1) is 8.50. The van der Waals surface area contributed by atoms with Crippen molar-refractivity contribution < 1.29 is 0 Å².